The summed E-state index contributed by atoms with van der Waals surface area (Å²) >= 11 is 0. The van der Waals surface area contributed by atoms with Crippen LogP contribution in [-0.2, 0) is 0 Å². The van der Waals surface area contributed by atoms with Crippen molar-refractivity contribution in [3.05, 3.63) is 0 Å². The third-order valence-electron chi connectivity index (χ3n) is 5.05. The molecule has 3 unspecified atom stereocenters. The maximum atomic E-state index is 3.88. The van der Waals surface area contributed by atoms with E-state index in [-0.39, 0.29) is 0 Å². The molecule has 3 rings (SSSR count). The van der Waals surface area contributed by atoms with E-state index in [1.165, 1.54) is 32.1 Å². The first-order valence-corrected chi connectivity index (χ1v) is 6.54. The molecule has 3 atom stereocenters. The lowest BCUT2D eigenvalue weighted by molar-refractivity contribution is 0.146. The summed E-state index contributed by atoms with van der Waals surface area (Å²) < 4.78 is 0. The first-order valence-electron chi connectivity index (χ1n) is 6.54. The largest absolute Gasteiger partial charge is 0.311 e. The number of nitrogens with one attached hydrogen (secondary N) is 1. The zero-order chi connectivity index (χ0) is 10.6. The van der Waals surface area contributed by atoms with Gasteiger partial charge in [0.25, 0.3) is 0 Å². The van der Waals surface area contributed by atoms with Crippen LogP contribution < -0.4 is 5.32 Å². The molecule has 0 aromatic rings. The summed E-state index contributed by atoms with van der Waals surface area (Å²) in [6.45, 7) is 4.77. The fourth-order valence-corrected chi connectivity index (χ4v) is 3.58. The first-order chi connectivity index (χ1) is 7.06. The van der Waals surface area contributed by atoms with Gasteiger partial charge in [0, 0.05) is 24.2 Å². The average molecular weight is 208 g/mol. The van der Waals surface area contributed by atoms with Gasteiger partial charge in [-0.2, -0.15) is 0 Å². The third-order valence-corrected chi connectivity index (χ3v) is 5.05. The lowest BCUT2D eigenvalue weighted by Crippen LogP contribution is -2.48. The monoisotopic (exact) mass is 208 g/mol. The Balaban J connectivity index is 1.57. The molecule has 2 heteroatoms. The fourth-order valence-electron chi connectivity index (χ4n) is 3.58. The molecule has 2 nitrogen and oxygen atoms in total. The molecule has 1 N–H and O–H groups in total. The zero-order valence-electron chi connectivity index (χ0n) is 10.3. The van der Waals surface area contributed by atoms with E-state index in [0.717, 1.165) is 24.2 Å². The van der Waals surface area contributed by atoms with Crippen molar-refractivity contribution in [3.8, 4) is 0 Å². The van der Waals surface area contributed by atoms with Crippen molar-refractivity contribution in [2.45, 2.75) is 70.1 Å². The highest BCUT2D eigenvalue weighted by atomic mass is 15.2. The Morgan fingerprint density at radius 1 is 1.13 bits per heavy atom. The normalized spacial score (nSPS) is 48.2. The van der Waals surface area contributed by atoms with Crippen LogP contribution in [0.1, 0.15) is 46.0 Å². The van der Waals surface area contributed by atoms with E-state index in [2.05, 4.69) is 31.1 Å². The van der Waals surface area contributed by atoms with Gasteiger partial charge < -0.3 is 10.2 Å². The van der Waals surface area contributed by atoms with Crippen LogP contribution in [-0.4, -0.2) is 36.1 Å². The van der Waals surface area contributed by atoms with Gasteiger partial charge in [-0.3, -0.25) is 0 Å². The van der Waals surface area contributed by atoms with Crippen molar-refractivity contribution in [2.24, 2.45) is 5.41 Å². The standard InChI is InChI=1S/C13H24N2/c1-13(2)8-12(13)14-9-6-10-4-5-11(7-9)15(10)3/h9-12,14H,4-8H2,1-3H3. The molecule has 2 heterocycles. The Morgan fingerprint density at radius 3 is 2.13 bits per heavy atom. The van der Waals surface area contributed by atoms with E-state index in [4.69, 9.17) is 0 Å². The summed E-state index contributed by atoms with van der Waals surface area (Å²) in [4.78, 5) is 2.62. The van der Waals surface area contributed by atoms with Crippen molar-refractivity contribution < 1.29 is 0 Å². The Hall–Kier alpha value is -0.0800. The summed E-state index contributed by atoms with van der Waals surface area (Å²) in [7, 11) is 2.32. The third kappa shape index (κ3) is 1.72. The molecule has 2 bridgehead atoms. The van der Waals surface area contributed by atoms with Gasteiger partial charge in [0.2, 0.25) is 0 Å². The van der Waals surface area contributed by atoms with E-state index < -0.39 is 0 Å². The van der Waals surface area contributed by atoms with Gasteiger partial charge in [-0.25, -0.2) is 0 Å². The lowest BCUT2D eigenvalue weighted by atomic mass is 9.97. The molecule has 0 aromatic carbocycles. The molecule has 1 saturated carbocycles. The smallest absolute Gasteiger partial charge is 0.0127 e. The van der Waals surface area contributed by atoms with Gasteiger partial charge in [0.05, 0.1) is 0 Å². The van der Waals surface area contributed by atoms with Crippen LogP contribution in [0.2, 0.25) is 0 Å². The number of piperidine rings is 1. The fraction of sp³-hybridized carbons (Fsp3) is 1.00. The second-order valence-corrected chi connectivity index (χ2v) is 6.63. The van der Waals surface area contributed by atoms with E-state index in [0.29, 0.717) is 5.41 Å². The van der Waals surface area contributed by atoms with Gasteiger partial charge in [-0.05, 0) is 44.6 Å². The van der Waals surface area contributed by atoms with Crippen LogP contribution in [0.15, 0.2) is 0 Å². The lowest BCUT2D eigenvalue weighted by Gasteiger charge is -2.37. The minimum atomic E-state index is 0.586. The predicted octanol–water partition coefficient (Wildman–Crippen LogP) is 2.00. The molecular formula is C13H24N2. The van der Waals surface area contributed by atoms with Crippen LogP contribution in [0.25, 0.3) is 0 Å². The summed E-state index contributed by atoms with van der Waals surface area (Å²) in [5.74, 6) is 0. The van der Waals surface area contributed by atoms with Gasteiger partial charge in [0.1, 0.15) is 0 Å². The molecule has 2 aliphatic heterocycles. The molecule has 3 fully saturated rings. The maximum absolute atomic E-state index is 3.88. The Morgan fingerprint density at radius 2 is 1.67 bits per heavy atom. The molecule has 0 aromatic heterocycles. The Labute approximate surface area is 93.4 Å². The van der Waals surface area contributed by atoms with Crippen LogP contribution in [0.3, 0.4) is 0 Å². The van der Waals surface area contributed by atoms with Crippen LogP contribution in [0, 0.1) is 5.41 Å². The van der Waals surface area contributed by atoms with Gasteiger partial charge in [-0.15, -0.1) is 0 Å². The second-order valence-electron chi connectivity index (χ2n) is 6.63. The van der Waals surface area contributed by atoms with Crippen molar-refractivity contribution in [3.63, 3.8) is 0 Å². The second kappa shape index (κ2) is 3.21. The first kappa shape index (κ1) is 10.1. The molecule has 3 aliphatic rings. The highest BCUT2D eigenvalue weighted by Gasteiger charge is 2.48. The molecule has 15 heavy (non-hydrogen) atoms. The van der Waals surface area contributed by atoms with Crippen LogP contribution in [0.4, 0.5) is 0 Å². The minimum Gasteiger partial charge on any atom is -0.311 e. The highest BCUT2D eigenvalue weighted by molar-refractivity contribution is 5.05. The van der Waals surface area contributed by atoms with Crippen molar-refractivity contribution in [1.29, 1.82) is 0 Å². The zero-order valence-corrected chi connectivity index (χ0v) is 10.3. The van der Waals surface area contributed by atoms with Crippen LogP contribution in [0.5, 0.6) is 0 Å². The summed E-state index contributed by atoms with van der Waals surface area (Å²) in [5, 5.41) is 3.88. The average Bonchev–Trinajstić information content (AvgIpc) is 2.71. The number of rotatable bonds is 2. The Kier molecular flexibility index (Phi) is 2.16. The van der Waals surface area contributed by atoms with E-state index >= 15 is 0 Å². The minimum absolute atomic E-state index is 0.586. The van der Waals surface area contributed by atoms with E-state index in [9.17, 15) is 0 Å². The van der Waals surface area contributed by atoms with E-state index in [1.54, 1.807) is 0 Å². The predicted molar refractivity (Wildman–Crippen MR) is 62.9 cm³/mol. The molecule has 0 radical (unpaired) electrons. The molecule has 0 spiro atoms. The highest BCUT2D eigenvalue weighted by Crippen LogP contribution is 2.46. The van der Waals surface area contributed by atoms with Gasteiger partial charge in [-0.1, -0.05) is 13.8 Å². The quantitative estimate of drug-likeness (QED) is 0.746. The number of hydrogen-bond acceptors (Lipinski definition) is 2. The molecular weight excluding hydrogens is 184 g/mol. The van der Waals surface area contributed by atoms with Crippen molar-refractivity contribution >= 4 is 0 Å². The van der Waals surface area contributed by atoms with Gasteiger partial charge >= 0.3 is 0 Å². The van der Waals surface area contributed by atoms with Gasteiger partial charge in [0.15, 0.2) is 0 Å². The molecule has 0 amide bonds. The Bertz CT molecular complexity index is 247. The number of nitrogens with zero attached hydrogens (tertiary/aromatic N) is 1. The summed E-state index contributed by atoms with van der Waals surface area (Å²) in [6, 6.07) is 3.38. The topological polar surface area (TPSA) is 15.3 Å². The number of fused-ring (bicyclic) bond motifs is 2. The summed E-state index contributed by atoms with van der Waals surface area (Å²) in [6.07, 6.45) is 7.04. The van der Waals surface area contributed by atoms with Crippen molar-refractivity contribution in [1.82, 2.24) is 10.2 Å². The van der Waals surface area contributed by atoms with E-state index in [1.807, 2.05) is 0 Å². The molecule has 86 valence electrons. The number of hydrogen-bond donors (Lipinski definition) is 1. The maximum Gasteiger partial charge on any atom is 0.0127 e. The summed E-state index contributed by atoms with van der Waals surface area (Å²) in [5.41, 5.74) is 0.586. The molecule has 2 saturated heterocycles. The molecule has 1 aliphatic carbocycles. The van der Waals surface area contributed by atoms with Crippen molar-refractivity contribution in [2.75, 3.05) is 7.05 Å². The SMILES string of the molecule is CN1C2CCC1CC(NC1CC1(C)C)C2. The van der Waals surface area contributed by atoms with Crippen LogP contribution >= 0.6 is 0 Å².